The predicted molar refractivity (Wildman–Crippen MR) is 103 cm³/mol. The highest BCUT2D eigenvalue weighted by molar-refractivity contribution is 8.07. The van der Waals surface area contributed by atoms with Crippen molar-refractivity contribution in [1.29, 1.82) is 5.26 Å². The van der Waals surface area contributed by atoms with E-state index in [0.717, 1.165) is 35.3 Å². The third kappa shape index (κ3) is 4.23. The van der Waals surface area contributed by atoms with E-state index >= 15 is 0 Å². The number of rotatable bonds is 4. The van der Waals surface area contributed by atoms with Gasteiger partial charge in [-0.3, -0.25) is 0 Å². The highest BCUT2D eigenvalue weighted by Gasteiger charge is 2.34. The lowest BCUT2D eigenvalue weighted by Gasteiger charge is -2.22. The van der Waals surface area contributed by atoms with Crippen molar-refractivity contribution >= 4 is 29.2 Å². The van der Waals surface area contributed by atoms with E-state index in [2.05, 4.69) is 6.07 Å². The van der Waals surface area contributed by atoms with Crippen molar-refractivity contribution < 1.29 is 22.3 Å². The maximum atomic E-state index is 13.5. The van der Waals surface area contributed by atoms with Gasteiger partial charge in [0.15, 0.2) is 0 Å². The van der Waals surface area contributed by atoms with Crippen LogP contribution >= 0.6 is 23.5 Å². The molecule has 2 aromatic rings. The molecule has 9 heteroatoms. The van der Waals surface area contributed by atoms with Gasteiger partial charge in [0.1, 0.15) is 27.6 Å². The Morgan fingerprint density at radius 1 is 1.25 bits per heavy atom. The van der Waals surface area contributed by atoms with Crippen LogP contribution in [0.3, 0.4) is 0 Å². The second kappa shape index (κ2) is 8.37. The quantitative estimate of drug-likeness (QED) is 0.346. The summed E-state index contributed by atoms with van der Waals surface area (Å²) < 4.78 is 57.8. The highest BCUT2D eigenvalue weighted by Crippen LogP contribution is 2.44. The smallest absolute Gasteiger partial charge is 0.419 e. The first kappa shape index (κ1) is 20.4. The fourth-order valence-electron chi connectivity index (χ4n) is 2.70. The third-order valence-corrected chi connectivity index (χ3v) is 6.13. The number of nitrogens with zero attached hydrogens (tertiary/aromatic N) is 2. The largest absolute Gasteiger partial charge is 0.495 e. The summed E-state index contributed by atoms with van der Waals surface area (Å²) >= 11 is 2.33. The summed E-state index contributed by atoms with van der Waals surface area (Å²) in [5, 5.41) is 10.3. The van der Waals surface area contributed by atoms with E-state index in [1.807, 2.05) is 23.1 Å². The van der Waals surface area contributed by atoms with Gasteiger partial charge in [-0.05, 0) is 30.3 Å². The number of allylic oxidation sites excluding steroid dienone is 1. The molecule has 1 fully saturated rings. The topological polar surface area (TPSA) is 36.3 Å². The molecule has 146 valence electrons. The van der Waals surface area contributed by atoms with Gasteiger partial charge in [0.05, 0.1) is 18.4 Å². The van der Waals surface area contributed by atoms with Crippen LogP contribution in [-0.2, 0) is 6.18 Å². The van der Waals surface area contributed by atoms with Gasteiger partial charge in [-0.2, -0.15) is 18.4 Å². The number of hydrogen-bond acceptors (Lipinski definition) is 5. The number of alkyl halides is 3. The van der Waals surface area contributed by atoms with Crippen LogP contribution in [0.1, 0.15) is 5.56 Å². The number of hydrogen-bond donors (Lipinski definition) is 0. The summed E-state index contributed by atoms with van der Waals surface area (Å²) in [5.41, 5.74) is -0.575. The van der Waals surface area contributed by atoms with Gasteiger partial charge in [-0.1, -0.05) is 23.9 Å². The summed E-state index contributed by atoms with van der Waals surface area (Å²) in [6.45, 7) is 0.628. The van der Waals surface area contributed by atoms with Crippen LogP contribution in [0.4, 0.5) is 23.2 Å². The molecule has 28 heavy (non-hydrogen) atoms. The second-order valence-corrected chi connectivity index (χ2v) is 7.83. The first-order valence-corrected chi connectivity index (χ1v) is 9.87. The first-order chi connectivity index (χ1) is 13.3. The number of benzene rings is 2. The highest BCUT2D eigenvalue weighted by atomic mass is 32.2. The minimum atomic E-state index is -4.80. The average molecular weight is 426 g/mol. The predicted octanol–water partition coefficient (Wildman–Crippen LogP) is 5.89. The van der Waals surface area contributed by atoms with Crippen LogP contribution in [-0.4, -0.2) is 19.4 Å². The average Bonchev–Trinajstić information content (AvgIpc) is 3.15. The first-order valence-electron chi connectivity index (χ1n) is 8.07. The van der Waals surface area contributed by atoms with Gasteiger partial charge in [-0.15, -0.1) is 11.8 Å². The summed E-state index contributed by atoms with van der Waals surface area (Å²) in [6.07, 6.45) is -4.80. The van der Waals surface area contributed by atoms with Crippen LogP contribution in [0.5, 0.6) is 5.75 Å². The van der Waals surface area contributed by atoms with Crippen molar-refractivity contribution in [2.75, 3.05) is 24.3 Å². The van der Waals surface area contributed by atoms with Gasteiger partial charge in [0.25, 0.3) is 0 Å². The zero-order chi connectivity index (χ0) is 20.3. The molecule has 1 saturated heterocycles. The van der Waals surface area contributed by atoms with Crippen molar-refractivity contribution in [1.82, 2.24) is 0 Å². The minimum Gasteiger partial charge on any atom is -0.495 e. The lowest BCUT2D eigenvalue weighted by molar-refractivity contribution is -0.140. The molecule has 1 aliphatic heterocycles. The van der Waals surface area contributed by atoms with E-state index in [1.54, 1.807) is 13.2 Å². The van der Waals surface area contributed by atoms with Crippen molar-refractivity contribution in [2.24, 2.45) is 0 Å². The molecule has 0 spiro atoms. The summed E-state index contributed by atoms with van der Waals surface area (Å²) in [7, 11) is 1.54. The van der Waals surface area contributed by atoms with Gasteiger partial charge < -0.3 is 9.64 Å². The number of ether oxygens (including phenoxy) is 1. The number of anilines is 1. The molecule has 3 nitrogen and oxygen atoms in total. The lowest BCUT2D eigenvalue weighted by Crippen LogP contribution is -2.18. The molecule has 0 aromatic heterocycles. The number of halogens is 4. The summed E-state index contributed by atoms with van der Waals surface area (Å²) in [6, 6.07) is 12.1. The number of methoxy groups -OCH3 is 1. The summed E-state index contributed by atoms with van der Waals surface area (Å²) in [4.78, 5) is 2.29. The molecule has 1 aliphatic rings. The standard InChI is InChI=1S/C19H14F4N2OS2/c1-26-16-5-3-2-4-15(16)25-8-9-27-18(25)17(11-24)28-12-6-7-14(20)13(10-12)19(21,22)23/h2-7,10H,8-9H2,1H3. The maximum absolute atomic E-state index is 13.5. The van der Waals surface area contributed by atoms with E-state index in [4.69, 9.17) is 4.74 Å². The Morgan fingerprint density at radius 2 is 2.00 bits per heavy atom. The van der Waals surface area contributed by atoms with Crippen LogP contribution in [0.15, 0.2) is 57.3 Å². The van der Waals surface area contributed by atoms with Gasteiger partial charge >= 0.3 is 6.18 Å². The zero-order valence-corrected chi connectivity index (χ0v) is 16.2. The molecule has 1 heterocycles. The van der Waals surface area contributed by atoms with Crippen LogP contribution < -0.4 is 9.64 Å². The minimum absolute atomic E-state index is 0.144. The molecule has 0 saturated carbocycles. The molecule has 0 bridgehead atoms. The van der Waals surface area contributed by atoms with Crippen molar-refractivity contribution in [3.8, 4) is 11.8 Å². The third-order valence-electron chi connectivity index (χ3n) is 3.93. The number of thioether (sulfide) groups is 2. The lowest BCUT2D eigenvalue weighted by atomic mass is 10.2. The van der Waals surface area contributed by atoms with Crippen molar-refractivity contribution in [2.45, 2.75) is 11.1 Å². The Morgan fingerprint density at radius 3 is 2.68 bits per heavy atom. The Hall–Kier alpha value is -2.31. The van der Waals surface area contributed by atoms with E-state index in [9.17, 15) is 22.8 Å². The monoisotopic (exact) mass is 426 g/mol. The van der Waals surface area contributed by atoms with Crippen molar-refractivity contribution in [3.05, 3.63) is 63.8 Å². The number of para-hydroxylation sites is 2. The second-order valence-electron chi connectivity index (χ2n) is 5.66. The molecule has 2 aromatic carbocycles. The molecule has 0 aliphatic carbocycles. The molecular weight excluding hydrogens is 412 g/mol. The van der Waals surface area contributed by atoms with E-state index in [-0.39, 0.29) is 9.80 Å². The molecular formula is C19H14F4N2OS2. The molecule has 0 N–H and O–H groups in total. The van der Waals surface area contributed by atoms with Gasteiger partial charge in [-0.25, -0.2) is 4.39 Å². The normalized spacial score (nSPS) is 16.1. The SMILES string of the molecule is COc1ccccc1N1CCSC1=C(C#N)Sc1ccc(F)c(C(F)(F)F)c1. The molecule has 0 atom stereocenters. The maximum Gasteiger partial charge on any atom is 0.419 e. The molecule has 0 radical (unpaired) electrons. The Kier molecular flexibility index (Phi) is 6.10. The molecule has 0 unspecified atom stereocenters. The van der Waals surface area contributed by atoms with E-state index in [0.29, 0.717) is 17.3 Å². The summed E-state index contributed by atoms with van der Waals surface area (Å²) in [5.74, 6) is 0.0101. The zero-order valence-electron chi connectivity index (χ0n) is 14.6. The van der Waals surface area contributed by atoms with Crippen LogP contribution in [0, 0.1) is 17.1 Å². The fourth-order valence-corrected chi connectivity index (χ4v) is 4.78. The Labute approximate surface area is 168 Å². The van der Waals surface area contributed by atoms with Gasteiger partial charge in [0, 0.05) is 17.2 Å². The number of nitriles is 1. The Balaban J connectivity index is 1.98. The molecule has 3 rings (SSSR count). The Bertz CT molecular complexity index is 954. The van der Waals surface area contributed by atoms with Crippen LogP contribution in [0.25, 0.3) is 0 Å². The van der Waals surface area contributed by atoms with Crippen molar-refractivity contribution in [3.63, 3.8) is 0 Å². The van der Waals surface area contributed by atoms with Gasteiger partial charge in [0.2, 0.25) is 0 Å². The molecule has 0 amide bonds. The van der Waals surface area contributed by atoms with E-state index in [1.165, 1.54) is 17.8 Å². The van der Waals surface area contributed by atoms with Crippen LogP contribution in [0.2, 0.25) is 0 Å². The van der Waals surface area contributed by atoms with E-state index < -0.39 is 17.6 Å². The fraction of sp³-hybridized carbons (Fsp3) is 0.211.